The third-order valence-corrected chi connectivity index (χ3v) is 3.29. The highest BCUT2D eigenvalue weighted by Gasteiger charge is 2.08. The van der Waals surface area contributed by atoms with Crippen LogP contribution in [-0.4, -0.2) is 25.7 Å². The van der Waals surface area contributed by atoms with E-state index in [0.717, 1.165) is 10.0 Å². The van der Waals surface area contributed by atoms with Crippen molar-refractivity contribution in [1.82, 2.24) is 25.1 Å². The summed E-state index contributed by atoms with van der Waals surface area (Å²) in [7, 11) is 0. The molecule has 0 bridgehead atoms. The van der Waals surface area contributed by atoms with Crippen molar-refractivity contribution in [3.05, 3.63) is 58.5 Å². The highest BCUT2D eigenvalue weighted by atomic mass is 79.9. The number of rotatable bonds is 3. The molecular weight excluding hydrogens is 322 g/mol. The van der Waals surface area contributed by atoms with Crippen molar-refractivity contribution in [3.63, 3.8) is 0 Å². The Morgan fingerprint density at radius 3 is 2.80 bits per heavy atom. The van der Waals surface area contributed by atoms with Gasteiger partial charge in [-0.2, -0.15) is 9.61 Å². The van der Waals surface area contributed by atoms with E-state index in [4.69, 9.17) is 0 Å². The summed E-state index contributed by atoms with van der Waals surface area (Å²) in [6, 6.07) is 11.1. The van der Waals surface area contributed by atoms with E-state index >= 15 is 0 Å². The lowest BCUT2D eigenvalue weighted by Gasteiger charge is -2.05. The van der Waals surface area contributed by atoms with Crippen LogP contribution in [0, 0.1) is 0 Å². The first-order valence-corrected chi connectivity index (χ1v) is 6.71. The zero-order chi connectivity index (χ0) is 13.9. The maximum absolute atomic E-state index is 12.0. The Bertz CT molecular complexity index is 753. The number of nitrogens with zero attached hydrogens (tertiary/aromatic N) is 4. The molecule has 1 aromatic carbocycles. The SMILES string of the molecule is O=C(NCc1ccc(Br)cc1)c1ccc2nncn2n1. The van der Waals surface area contributed by atoms with Gasteiger partial charge in [0.05, 0.1) is 0 Å². The number of hydrogen-bond donors (Lipinski definition) is 1. The van der Waals surface area contributed by atoms with Crippen LogP contribution >= 0.6 is 15.9 Å². The molecule has 0 radical (unpaired) electrons. The molecule has 0 aliphatic rings. The molecule has 6 nitrogen and oxygen atoms in total. The number of carbonyl (C=O) groups is 1. The summed E-state index contributed by atoms with van der Waals surface area (Å²) in [6.45, 7) is 0.452. The molecule has 2 heterocycles. The van der Waals surface area contributed by atoms with Gasteiger partial charge in [-0.05, 0) is 29.8 Å². The molecule has 2 aromatic heterocycles. The van der Waals surface area contributed by atoms with Gasteiger partial charge in [-0.1, -0.05) is 28.1 Å². The normalized spacial score (nSPS) is 10.7. The third-order valence-electron chi connectivity index (χ3n) is 2.76. The van der Waals surface area contributed by atoms with E-state index in [1.165, 1.54) is 10.8 Å². The molecule has 0 aliphatic carbocycles. The zero-order valence-electron chi connectivity index (χ0n) is 10.3. The van der Waals surface area contributed by atoms with Crippen LogP contribution in [0.25, 0.3) is 5.65 Å². The summed E-state index contributed by atoms with van der Waals surface area (Å²) in [6.07, 6.45) is 1.46. The second kappa shape index (κ2) is 5.38. The Hall–Kier alpha value is -2.28. The number of carbonyl (C=O) groups excluding carboxylic acids is 1. The van der Waals surface area contributed by atoms with Crippen LogP contribution in [-0.2, 0) is 6.54 Å². The average Bonchev–Trinajstić information content (AvgIpc) is 2.93. The van der Waals surface area contributed by atoms with Crippen LogP contribution in [0.15, 0.2) is 47.2 Å². The van der Waals surface area contributed by atoms with Crippen molar-refractivity contribution in [3.8, 4) is 0 Å². The number of halogens is 1. The van der Waals surface area contributed by atoms with Gasteiger partial charge in [0.1, 0.15) is 12.0 Å². The van der Waals surface area contributed by atoms with Gasteiger partial charge in [-0.25, -0.2) is 0 Å². The summed E-state index contributed by atoms with van der Waals surface area (Å²) < 4.78 is 2.47. The van der Waals surface area contributed by atoms with Gasteiger partial charge in [0.25, 0.3) is 5.91 Å². The smallest absolute Gasteiger partial charge is 0.272 e. The second-order valence-corrected chi connectivity index (χ2v) is 5.08. The number of benzene rings is 1. The number of aromatic nitrogens is 4. The van der Waals surface area contributed by atoms with Gasteiger partial charge in [-0.3, -0.25) is 4.79 Å². The van der Waals surface area contributed by atoms with Crippen molar-refractivity contribution in [2.24, 2.45) is 0 Å². The van der Waals surface area contributed by atoms with Crippen LogP contribution in [0.1, 0.15) is 16.1 Å². The van der Waals surface area contributed by atoms with E-state index < -0.39 is 0 Å². The van der Waals surface area contributed by atoms with Crippen molar-refractivity contribution < 1.29 is 4.79 Å². The molecule has 3 aromatic rings. The van der Waals surface area contributed by atoms with Crippen LogP contribution in [0.5, 0.6) is 0 Å². The van der Waals surface area contributed by atoms with Crippen LogP contribution in [0.3, 0.4) is 0 Å². The molecule has 1 N–H and O–H groups in total. The highest BCUT2D eigenvalue weighted by Crippen LogP contribution is 2.10. The van der Waals surface area contributed by atoms with E-state index in [2.05, 4.69) is 36.5 Å². The predicted molar refractivity (Wildman–Crippen MR) is 76.1 cm³/mol. The van der Waals surface area contributed by atoms with E-state index in [-0.39, 0.29) is 5.91 Å². The summed E-state index contributed by atoms with van der Waals surface area (Å²) >= 11 is 3.37. The monoisotopic (exact) mass is 331 g/mol. The molecule has 20 heavy (non-hydrogen) atoms. The van der Waals surface area contributed by atoms with Crippen molar-refractivity contribution in [2.45, 2.75) is 6.54 Å². The minimum Gasteiger partial charge on any atom is -0.347 e. The molecule has 0 aliphatic heterocycles. The molecule has 1 amide bonds. The Balaban J connectivity index is 1.70. The van der Waals surface area contributed by atoms with Gasteiger partial charge in [-0.15, -0.1) is 10.2 Å². The van der Waals surface area contributed by atoms with E-state index in [1.807, 2.05) is 24.3 Å². The second-order valence-electron chi connectivity index (χ2n) is 4.16. The van der Waals surface area contributed by atoms with Crippen LogP contribution in [0.2, 0.25) is 0 Å². The quantitative estimate of drug-likeness (QED) is 0.794. The number of hydrogen-bond acceptors (Lipinski definition) is 4. The molecule has 0 saturated heterocycles. The Morgan fingerprint density at radius 2 is 2.00 bits per heavy atom. The Kier molecular flexibility index (Phi) is 3.42. The molecule has 100 valence electrons. The minimum atomic E-state index is -0.233. The molecule has 0 atom stereocenters. The topological polar surface area (TPSA) is 72.2 Å². The van der Waals surface area contributed by atoms with Gasteiger partial charge in [0.15, 0.2) is 5.65 Å². The molecule has 0 unspecified atom stereocenters. The highest BCUT2D eigenvalue weighted by molar-refractivity contribution is 9.10. The summed E-state index contributed by atoms with van der Waals surface area (Å²) in [5.74, 6) is -0.233. The largest absolute Gasteiger partial charge is 0.347 e. The Morgan fingerprint density at radius 1 is 1.20 bits per heavy atom. The molecule has 7 heteroatoms. The number of nitrogens with one attached hydrogen (secondary N) is 1. The first-order valence-electron chi connectivity index (χ1n) is 5.92. The molecular formula is C13H10BrN5O. The lowest BCUT2D eigenvalue weighted by molar-refractivity contribution is 0.0944. The van der Waals surface area contributed by atoms with Gasteiger partial charge in [0.2, 0.25) is 0 Å². The first kappa shape index (κ1) is 12.7. The lowest BCUT2D eigenvalue weighted by Crippen LogP contribution is -2.24. The van der Waals surface area contributed by atoms with Crippen LogP contribution < -0.4 is 5.32 Å². The standard InChI is InChI=1S/C13H10BrN5O/c14-10-3-1-9(2-4-10)7-15-13(20)11-5-6-12-17-16-8-19(12)18-11/h1-6,8H,7H2,(H,15,20). The maximum atomic E-state index is 12.0. The van der Waals surface area contributed by atoms with E-state index in [0.29, 0.717) is 17.9 Å². The fourth-order valence-electron chi connectivity index (χ4n) is 1.72. The third kappa shape index (κ3) is 2.67. The first-order chi connectivity index (χ1) is 9.72. The van der Waals surface area contributed by atoms with Crippen molar-refractivity contribution in [2.75, 3.05) is 0 Å². The molecule has 0 fully saturated rings. The summed E-state index contributed by atoms with van der Waals surface area (Å²) in [5, 5.41) is 14.5. The van der Waals surface area contributed by atoms with Gasteiger partial charge >= 0.3 is 0 Å². The predicted octanol–water partition coefficient (Wildman–Crippen LogP) is 1.82. The molecule has 3 rings (SSSR count). The Labute approximate surface area is 123 Å². The fraction of sp³-hybridized carbons (Fsp3) is 0.0769. The van der Waals surface area contributed by atoms with E-state index in [1.54, 1.807) is 12.1 Å². The van der Waals surface area contributed by atoms with Crippen LogP contribution in [0.4, 0.5) is 0 Å². The average molecular weight is 332 g/mol. The van der Waals surface area contributed by atoms with Crippen molar-refractivity contribution in [1.29, 1.82) is 0 Å². The van der Waals surface area contributed by atoms with Gasteiger partial charge in [0, 0.05) is 11.0 Å². The fourth-order valence-corrected chi connectivity index (χ4v) is 1.99. The molecule has 0 saturated carbocycles. The van der Waals surface area contributed by atoms with Gasteiger partial charge < -0.3 is 5.32 Å². The zero-order valence-corrected chi connectivity index (χ0v) is 11.9. The molecule has 0 spiro atoms. The lowest BCUT2D eigenvalue weighted by atomic mass is 10.2. The maximum Gasteiger partial charge on any atom is 0.272 e. The number of fused-ring (bicyclic) bond motifs is 1. The number of amides is 1. The summed E-state index contributed by atoms with van der Waals surface area (Å²) in [4.78, 5) is 12.0. The summed E-state index contributed by atoms with van der Waals surface area (Å²) in [5.41, 5.74) is 1.95. The van der Waals surface area contributed by atoms with Crippen molar-refractivity contribution >= 4 is 27.5 Å². The van der Waals surface area contributed by atoms with E-state index in [9.17, 15) is 4.79 Å². The minimum absolute atomic E-state index is 0.233.